The van der Waals surface area contributed by atoms with E-state index in [2.05, 4.69) is 26.2 Å². The van der Waals surface area contributed by atoms with Crippen molar-refractivity contribution in [3.8, 4) is 0 Å². The van der Waals surface area contributed by atoms with Gasteiger partial charge in [0.1, 0.15) is 5.82 Å². The van der Waals surface area contributed by atoms with Crippen LogP contribution >= 0.6 is 15.9 Å². The first kappa shape index (κ1) is 14.3. The fourth-order valence-electron chi connectivity index (χ4n) is 1.76. The van der Waals surface area contributed by atoms with Crippen LogP contribution in [0.5, 0.6) is 0 Å². The minimum Gasteiger partial charge on any atom is -0.399 e. The highest BCUT2D eigenvalue weighted by molar-refractivity contribution is 9.10. The molecule has 0 radical (unpaired) electrons. The summed E-state index contributed by atoms with van der Waals surface area (Å²) >= 11 is 3.30. The number of aromatic nitrogens is 1. The number of hydrogen-bond donors (Lipinski definition) is 2. The Kier molecular flexibility index (Phi) is 4.24. The summed E-state index contributed by atoms with van der Waals surface area (Å²) < 4.78 is 0.855. The maximum absolute atomic E-state index is 12.3. The number of nitrogens with one attached hydrogen (secondary N) is 1. The first-order valence-corrected chi connectivity index (χ1v) is 6.76. The number of rotatable bonds is 3. The Morgan fingerprint density at radius 2 is 2.05 bits per heavy atom. The molecular formula is C14H15BrN4O. The van der Waals surface area contributed by atoms with Crippen LogP contribution in [0.25, 0.3) is 0 Å². The van der Waals surface area contributed by atoms with Gasteiger partial charge in [-0.2, -0.15) is 0 Å². The molecule has 1 heterocycles. The van der Waals surface area contributed by atoms with Gasteiger partial charge in [0.05, 0.1) is 5.56 Å². The molecule has 1 aromatic carbocycles. The lowest BCUT2D eigenvalue weighted by molar-refractivity contribution is 0.102. The molecular weight excluding hydrogens is 320 g/mol. The summed E-state index contributed by atoms with van der Waals surface area (Å²) in [6.07, 6.45) is 1.63. The molecule has 1 aromatic heterocycles. The molecule has 0 spiro atoms. The topological polar surface area (TPSA) is 71.2 Å². The van der Waals surface area contributed by atoms with E-state index in [0.29, 0.717) is 17.1 Å². The number of carbonyl (C=O) groups excluding carboxylic acids is 1. The highest BCUT2D eigenvalue weighted by Gasteiger charge is 2.14. The molecule has 0 fully saturated rings. The van der Waals surface area contributed by atoms with Gasteiger partial charge in [0.2, 0.25) is 0 Å². The van der Waals surface area contributed by atoms with Crippen molar-refractivity contribution in [2.45, 2.75) is 0 Å². The number of nitrogens with zero attached hydrogens (tertiary/aromatic N) is 2. The van der Waals surface area contributed by atoms with Crippen molar-refractivity contribution < 1.29 is 4.79 Å². The lowest BCUT2D eigenvalue weighted by Gasteiger charge is -2.17. The van der Waals surface area contributed by atoms with E-state index in [1.54, 1.807) is 24.4 Å². The molecule has 0 atom stereocenters. The molecule has 2 rings (SSSR count). The molecule has 6 heteroatoms. The third-order valence-corrected chi connectivity index (χ3v) is 3.19. The Balaban J connectivity index is 2.28. The van der Waals surface area contributed by atoms with Crippen LogP contribution in [0.2, 0.25) is 0 Å². The average Bonchev–Trinajstić information content (AvgIpc) is 2.41. The molecule has 20 heavy (non-hydrogen) atoms. The van der Waals surface area contributed by atoms with Gasteiger partial charge in [0, 0.05) is 36.1 Å². The van der Waals surface area contributed by atoms with Crippen molar-refractivity contribution in [1.29, 1.82) is 0 Å². The molecule has 5 nitrogen and oxygen atoms in total. The molecule has 3 N–H and O–H groups in total. The van der Waals surface area contributed by atoms with E-state index in [-0.39, 0.29) is 5.91 Å². The van der Waals surface area contributed by atoms with E-state index in [1.807, 2.05) is 31.1 Å². The van der Waals surface area contributed by atoms with E-state index >= 15 is 0 Å². The van der Waals surface area contributed by atoms with Gasteiger partial charge in [-0.25, -0.2) is 4.98 Å². The van der Waals surface area contributed by atoms with Gasteiger partial charge in [-0.05, 0) is 46.3 Å². The third kappa shape index (κ3) is 3.27. The van der Waals surface area contributed by atoms with E-state index < -0.39 is 0 Å². The summed E-state index contributed by atoms with van der Waals surface area (Å²) in [6.45, 7) is 0. The highest BCUT2D eigenvalue weighted by atomic mass is 79.9. The smallest absolute Gasteiger partial charge is 0.258 e. The third-order valence-electron chi connectivity index (χ3n) is 2.72. The summed E-state index contributed by atoms with van der Waals surface area (Å²) in [4.78, 5) is 18.3. The zero-order valence-corrected chi connectivity index (χ0v) is 12.8. The SMILES string of the molecule is CN(C)c1ccc(N)cc1C(=O)Nc1ccc(Br)cn1. The number of hydrogen-bond acceptors (Lipinski definition) is 4. The Labute approximate surface area is 125 Å². The van der Waals surface area contributed by atoms with Crippen molar-refractivity contribution in [3.63, 3.8) is 0 Å². The summed E-state index contributed by atoms with van der Waals surface area (Å²) in [5, 5.41) is 2.75. The standard InChI is InChI=1S/C14H15BrN4O/c1-19(2)12-5-4-10(16)7-11(12)14(20)18-13-6-3-9(15)8-17-13/h3-8H,16H2,1-2H3,(H,17,18,20). The van der Waals surface area contributed by atoms with Crippen molar-refractivity contribution >= 4 is 39.0 Å². The number of nitrogen functional groups attached to an aromatic ring is 1. The first-order valence-electron chi connectivity index (χ1n) is 5.97. The van der Waals surface area contributed by atoms with Crippen LogP contribution < -0.4 is 16.0 Å². The summed E-state index contributed by atoms with van der Waals surface area (Å²) in [7, 11) is 3.75. The molecule has 0 saturated heterocycles. The van der Waals surface area contributed by atoms with Crippen LogP contribution in [-0.4, -0.2) is 25.0 Å². The van der Waals surface area contributed by atoms with Crippen LogP contribution in [0, 0.1) is 0 Å². The second kappa shape index (κ2) is 5.92. The fraction of sp³-hybridized carbons (Fsp3) is 0.143. The lowest BCUT2D eigenvalue weighted by Crippen LogP contribution is -2.19. The van der Waals surface area contributed by atoms with E-state index in [4.69, 9.17) is 5.73 Å². The maximum Gasteiger partial charge on any atom is 0.258 e. The number of halogens is 1. The van der Waals surface area contributed by atoms with Crippen molar-refractivity contribution in [3.05, 3.63) is 46.6 Å². The Bertz CT molecular complexity index is 626. The molecule has 0 aliphatic carbocycles. The lowest BCUT2D eigenvalue weighted by atomic mass is 10.1. The minimum atomic E-state index is -0.240. The molecule has 0 unspecified atom stereocenters. The Morgan fingerprint density at radius 3 is 2.65 bits per heavy atom. The van der Waals surface area contributed by atoms with Crippen LogP contribution in [-0.2, 0) is 0 Å². The summed E-state index contributed by atoms with van der Waals surface area (Å²) in [6, 6.07) is 8.78. The number of anilines is 3. The number of pyridine rings is 1. The van der Waals surface area contributed by atoms with Crippen LogP contribution in [0.1, 0.15) is 10.4 Å². The van der Waals surface area contributed by atoms with Gasteiger partial charge >= 0.3 is 0 Å². The van der Waals surface area contributed by atoms with Crippen LogP contribution in [0.3, 0.4) is 0 Å². The Hall–Kier alpha value is -2.08. The van der Waals surface area contributed by atoms with Gasteiger partial charge in [0.25, 0.3) is 5.91 Å². The molecule has 0 aliphatic rings. The molecule has 1 amide bonds. The van der Waals surface area contributed by atoms with Crippen molar-refractivity contribution in [2.75, 3.05) is 30.0 Å². The van der Waals surface area contributed by atoms with Gasteiger partial charge in [0.15, 0.2) is 0 Å². The average molecular weight is 335 g/mol. The number of carbonyl (C=O) groups is 1. The molecule has 0 aliphatic heterocycles. The van der Waals surface area contributed by atoms with Gasteiger partial charge in [-0.15, -0.1) is 0 Å². The van der Waals surface area contributed by atoms with Gasteiger partial charge in [-0.1, -0.05) is 0 Å². The quantitative estimate of drug-likeness (QED) is 0.846. The molecule has 104 valence electrons. The zero-order chi connectivity index (χ0) is 14.7. The fourth-order valence-corrected chi connectivity index (χ4v) is 1.99. The first-order chi connectivity index (χ1) is 9.47. The van der Waals surface area contributed by atoms with Crippen molar-refractivity contribution in [2.24, 2.45) is 0 Å². The highest BCUT2D eigenvalue weighted by Crippen LogP contribution is 2.22. The molecule has 0 bridgehead atoms. The molecule has 2 aromatic rings. The van der Waals surface area contributed by atoms with Gasteiger partial charge in [-0.3, -0.25) is 4.79 Å². The van der Waals surface area contributed by atoms with Crippen molar-refractivity contribution in [1.82, 2.24) is 4.98 Å². The summed E-state index contributed by atoms with van der Waals surface area (Å²) in [5.74, 6) is 0.251. The normalized spacial score (nSPS) is 10.2. The van der Waals surface area contributed by atoms with E-state index in [9.17, 15) is 4.79 Å². The van der Waals surface area contributed by atoms with Crippen LogP contribution in [0.15, 0.2) is 41.0 Å². The second-order valence-electron chi connectivity index (χ2n) is 4.49. The number of benzene rings is 1. The largest absolute Gasteiger partial charge is 0.399 e. The van der Waals surface area contributed by atoms with E-state index in [0.717, 1.165) is 10.2 Å². The predicted molar refractivity (Wildman–Crippen MR) is 85.1 cm³/mol. The minimum absolute atomic E-state index is 0.240. The van der Waals surface area contributed by atoms with Crippen LogP contribution in [0.4, 0.5) is 17.2 Å². The van der Waals surface area contributed by atoms with Gasteiger partial charge < -0.3 is 16.0 Å². The molecule has 0 saturated carbocycles. The predicted octanol–water partition coefficient (Wildman–Crippen LogP) is 2.74. The number of amides is 1. The zero-order valence-electron chi connectivity index (χ0n) is 11.2. The second-order valence-corrected chi connectivity index (χ2v) is 5.40. The van der Waals surface area contributed by atoms with E-state index in [1.165, 1.54) is 0 Å². The summed E-state index contributed by atoms with van der Waals surface area (Å²) in [5.41, 5.74) is 7.62. The maximum atomic E-state index is 12.3. The Morgan fingerprint density at radius 1 is 1.30 bits per heavy atom. The number of nitrogens with two attached hydrogens (primary N) is 1. The monoisotopic (exact) mass is 334 g/mol.